The molecule has 0 spiro atoms. The molecule has 1 saturated heterocycles. The molecule has 1 aliphatic rings. The van der Waals surface area contributed by atoms with E-state index in [4.69, 9.17) is 5.73 Å². The van der Waals surface area contributed by atoms with Crippen LogP contribution in [0.3, 0.4) is 0 Å². The Morgan fingerprint density at radius 3 is 2.35 bits per heavy atom. The number of rotatable bonds is 6. The van der Waals surface area contributed by atoms with Gasteiger partial charge < -0.3 is 15.6 Å². The fraction of sp³-hybridized carbons (Fsp3) is 0.400. The molecule has 1 aromatic heterocycles. The summed E-state index contributed by atoms with van der Waals surface area (Å²) in [6.07, 6.45) is 1.95. The lowest BCUT2D eigenvalue weighted by Crippen LogP contribution is -2.43. The first kappa shape index (κ1) is 22.9. The van der Waals surface area contributed by atoms with Crippen LogP contribution in [0.15, 0.2) is 35.4 Å². The third kappa shape index (κ3) is 4.77. The number of hydrogen-bond acceptors (Lipinski definition) is 4. The van der Waals surface area contributed by atoms with Gasteiger partial charge in [0.25, 0.3) is 5.91 Å². The number of aryl methyl sites for hydroxylation is 1. The summed E-state index contributed by atoms with van der Waals surface area (Å²) in [6, 6.07) is 4.15. The monoisotopic (exact) mass is 454 g/mol. The molecule has 0 aliphatic carbocycles. The van der Waals surface area contributed by atoms with Gasteiger partial charge in [0.15, 0.2) is 11.6 Å². The Morgan fingerprint density at radius 1 is 1.16 bits per heavy atom. The maximum absolute atomic E-state index is 13.4. The molecule has 1 fully saturated rings. The summed E-state index contributed by atoms with van der Waals surface area (Å²) in [5.41, 5.74) is 5.76. The Hall–Kier alpha value is -2.79. The predicted octanol–water partition coefficient (Wildman–Crippen LogP) is 1.68. The highest BCUT2D eigenvalue weighted by molar-refractivity contribution is 7.89. The lowest BCUT2D eigenvalue weighted by Gasteiger charge is -2.31. The molecule has 1 aliphatic heterocycles. The van der Waals surface area contributed by atoms with E-state index in [0.717, 1.165) is 12.1 Å². The average molecular weight is 454 g/mol. The highest BCUT2D eigenvalue weighted by Crippen LogP contribution is 2.26. The molecule has 1 atom stereocenters. The maximum atomic E-state index is 13.4. The van der Waals surface area contributed by atoms with E-state index in [0.29, 0.717) is 18.4 Å². The molecule has 1 aromatic carbocycles. The number of aromatic nitrogens is 1. The molecule has 2 aromatic rings. The van der Waals surface area contributed by atoms with Crippen molar-refractivity contribution >= 4 is 21.8 Å². The van der Waals surface area contributed by atoms with Crippen LogP contribution >= 0.6 is 0 Å². The van der Waals surface area contributed by atoms with Gasteiger partial charge >= 0.3 is 0 Å². The van der Waals surface area contributed by atoms with Crippen LogP contribution < -0.4 is 11.1 Å². The van der Waals surface area contributed by atoms with E-state index in [1.807, 2.05) is 0 Å². The quantitative estimate of drug-likeness (QED) is 0.691. The molecule has 3 rings (SSSR count). The van der Waals surface area contributed by atoms with Crippen molar-refractivity contribution in [2.24, 2.45) is 18.7 Å². The summed E-state index contributed by atoms with van der Waals surface area (Å²) < 4.78 is 54.9. The zero-order valence-corrected chi connectivity index (χ0v) is 18.0. The number of nitrogens with zero attached hydrogens (tertiary/aromatic N) is 2. The van der Waals surface area contributed by atoms with E-state index in [-0.39, 0.29) is 29.6 Å². The predicted molar refractivity (Wildman–Crippen MR) is 108 cm³/mol. The summed E-state index contributed by atoms with van der Waals surface area (Å²) in [7, 11) is -2.29. The fourth-order valence-electron chi connectivity index (χ4n) is 3.62. The first-order chi connectivity index (χ1) is 14.5. The van der Waals surface area contributed by atoms with Crippen LogP contribution in [0.25, 0.3) is 0 Å². The minimum absolute atomic E-state index is 0.0290. The van der Waals surface area contributed by atoms with Gasteiger partial charge in [0.1, 0.15) is 10.6 Å². The summed E-state index contributed by atoms with van der Waals surface area (Å²) in [5, 5.41) is 2.77. The largest absolute Gasteiger partial charge is 0.364 e. The summed E-state index contributed by atoms with van der Waals surface area (Å²) in [6.45, 7) is 1.94. The van der Waals surface area contributed by atoms with E-state index < -0.39 is 39.5 Å². The molecule has 168 valence electrons. The van der Waals surface area contributed by atoms with Gasteiger partial charge in [0.2, 0.25) is 15.9 Å². The number of benzene rings is 1. The fourth-order valence-corrected chi connectivity index (χ4v) is 5.17. The number of carbonyl (C=O) groups excluding carboxylic acids is 2. The Morgan fingerprint density at radius 2 is 1.81 bits per heavy atom. The van der Waals surface area contributed by atoms with Gasteiger partial charge in [-0.2, -0.15) is 4.31 Å². The van der Waals surface area contributed by atoms with Gasteiger partial charge in [0, 0.05) is 32.3 Å². The highest BCUT2D eigenvalue weighted by Gasteiger charge is 2.33. The lowest BCUT2D eigenvalue weighted by atomic mass is 9.96. The second-order valence-electron chi connectivity index (χ2n) is 7.62. The molecule has 3 N–H and O–H groups in total. The molecule has 11 heteroatoms. The summed E-state index contributed by atoms with van der Waals surface area (Å²) >= 11 is 0. The lowest BCUT2D eigenvalue weighted by molar-refractivity contribution is -0.126. The minimum atomic E-state index is -3.83. The Labute approximate surface area is 179 Å². The third-order valence-electron chi connectivity index (χ3n) is 5.50. The van der Waals surface area contributed by atoms with Crippen LogP contribution in [0.5, 0.6) is 0 Å². The molecule has 0 unspecified atom stereocenters. The van der Waals surface area contributed by atoms with Crippen molar-refractivity contribution < 1.29 is 26.8 Å². The van der Waals surface area contributed by atoms with Crippen molar-refractivity contribution in [3.05, 3.63) is 53.4 Å². The van der Waals surface area contributed by atoms with Crippen molar-refractivity contribution in [1.82, 2.24) is 14.2 Å². The standard InChI is InChI=1S/C20H24F2N4O4S/c1-12(14-3-4-16(21)17(22)9-14)24-20(28)13-5-7-26(8-6-13)31(29,30)15-10-18(19(23)27)25(2)11-15/h3-4,9-13H,5-8H2,1-2H3,(H2,23,27)(H,24,28)/t12-/m1/s1. The molecule has 2 heterocycles. The Balaban J connectivity index is 1.62. The van der Waals surface area contributed by atoms with E-state index in [1.54, 1.807) is 6.92 Å². The number of primary amides is 1. The van der Waals surface area contributed by atoms with E-state index in [9.17, 15) is 26.8 Å². The van der Waals surface area contributed by atoms with Gasteiger partial charge in [-0.3, -0.25) is 9.59 Å². The van der Waals surface area contributed by atoms with Crippen LogP contribution in [0.1, 0.15) is 41.9 Å². The van der Waals surface area contributed by atoms with Crippen LogP contribution in [-0.4, -0.2) is 42.2 Å². The van der Waals surface area contributed by atoms with Crippen molar-refractivity contribution in [2.45, 2.75) is 30.7 Å². The zero-order valence-electron chi connectivity index (χ0n) is 17.1. The van der Waals surface area contributed by atoms with Gasteiger partial charge in [-0.25, -0.2) is 17.2 Å². The number of hydrogen-bond donors (Lipinski definition) is 2. The van der Waals surface area contributed by atoms with Crippen LogP contribution in [-0.2, 0) is 21.9 Å². The van der Waals surface area contributed by atoms with Crippen LogP contribution in [0.4, 0.5) is 8.78 Å². The second kappa shape index (κ2) is 8.75. The summed E-state index contributed by atoms with van der Waals surface area (Å²) in [5.74, 6) is -3.36. The molecule has 0 radical (unpaired) electrons. The average Bonchev–Trinajstić information content (AvgIpc) is 3.13. The van der Waals surface area contributed by atoms with Crippen molar-refractivity contribution in [1.29, 1.82) is 0 Å². The SMILES string of the molecule is C[C@@H](NC(=O)C1CCN(S(=O)(=O)c2cc(C(N)=O)n(C)c2)CC1)c1ccc(F)c(F)c1. The van der Waals surface area contributed by atoms with E-state index in [1.165, 1.54) is 34.2 Å². The van der Waals surface area contributed by atoms with Gasteiger partial charge in [0.05, 0.1) is 6.04 Å². The number of nitrogens with two attached hydrogens (primary N) is 1. The number of amides is 2. The number of nitrogens with one attached hydrogen (secondary N) is 1. The molecule has 0 bridgehead atoms. The number of sulfonamides is 1. The molecule has 0 saturated carbocycles. The zero-order chi connectivity index (χ0) is 22.9. The van der Waals surface area contributed by atoms with E-state index in [2.05, 4.69) is 5.32 Å². The van der Waals surface area contributed by atoms with Crippen molar-refractivity contribution in [2.75, 3.05) is 13.1 Å². The molecular formula is C20H24F2N4O4S. The summed E-state index contributed by atoms with van der Waals surface area (Å²) in [4.78, 5) is 23.9. The third-order valence-corrected chi connectivity index (χ3v) is 7.36. The van der Waals surface area contributed by atoms with Crippen molar-refractivity contribution in [3.63, 3.8) is 0 Å². The van der Waals surface area contributed by atoms with E-state index >= 15 is 0 Å². The smallest absolute Gasteiger partial charge is 0.265 e. The second-order valence-corrected chi connectivity index (χ2v) is 9.56. The Bertz CT molecular complexity index is 1110. The maximum Gasteiger partial charge on any atom is 0.265 e. The van der Waals surface area contributed by atoms with Gasteiger partial charge in [-0.15, -0.1) is 0 Å². The molecule has 31 heavy (non-hydrogen) atoms. The van der Waals surface area contributed by atoms with Gasteiger partial charge in [-0.1, -0.05) is 6.07 Å². The first-order valence-corrected chi connectivity index (χ1v) is 11.2. The Kier molecular flexibility index (Phi) is 6.46. The molecule has 2 amide bonds. The normalized spacial score (nSPS) is 16.8. The van der Waals surface area contributed by atoms with Crippen LogP contribution in [0.2, 0.25) is 0 Å². The highest BCUT2D eigenvalue weighted by atomic mass is 32.2. The van der Waals surface area contributed by atoms with Gasteiger partial charge in [-0.05, 0) is 43.5 Å². The topological polar surface area (TPSA) is 114 Å². The molecule has 8 nitrogen and oxygen atoms in total. The number of halogens is 2. The molecular weight excluding hydrogens is 430 g/mol. The van der Waals surface area contributed by atoms with Crippen molar-refractivity contribution in [3.8, 4) is 0 Å². The van der Waals surface area contributed by atoms with Crippen LogP contribution in [0, 0.1) is 17.6 Å². The first-order valence-electron chi connectivity index (χ1n) is 9.72. The number of piperidine rings is 1. The minimum Gasteiger partial charge on any atom is -0.364 e. The number of carbonyl (C=O) groups is 2.